The van der Waals surface area contributed by atoms with Crippen LogP contribution < -0.4 is 5.73 Å². The molecule has 2 fully saturated rings. The zero-order valence-corrected chi connectivity index (χ0v) is 14.1. The lowest BCUT2D eigenvalue weighted by molar-refractivity contribution is -0.132. The zero-order chi connectivity index (χ0) is 16.2. The molecule has 1 aliphatic heterocycles. The summed E-state index contributed by atoms with van der Waals surface area (Å²) in [4.78, 5) is 25.8. The highest BCUT2D eigenvalue weighted by Crippen LogP contribution is 2.33. The van der Waals surface area contributed by atoms with E-state index in [1.165, 1.54) is 25.7 Å². The minimum atomic E-state index is -0.544. The van der Waals surface area contributed by atoms with Crippen LogP contribution in [0.1, 0.15) is 67.2 Å². The fraction of sp³-hybridized carbons (Fsp3) is 0.688. The number of rotatable bonds is 5. The fourth-order valence-corrected chi connectivity index (χ4v) is 4.72. The third-order valence-corrected chi connectivity index (χ3v) is 6.13. The summed E-state index contributed by atoms with van der Waals surface area (Å²) in [5.41, 5.74) is 6.32. The molecule has 2 aliphatic rings. The fourth-order valence-electron chi connectivity index (χ4n) is 3.51. The van der Waals surface area contributed by atoms with Gasteiger partial charge in [0.05, 0.1) is 17.5 Å². The van der Waals surface area contributed by atoms with Gasteiger partial charge in [-0.1, -0.05) is 12.8 Å². The Morgan fingerprint density at radius 2 is 2.00 bits per heavy atom. The maximum atomic E-state index is 12.7. The molecule has 1 saturated carbocycles. The number of carbonyl (C=O) groups is 2. The molecule has 0 aromatic carbocycles. The van der Waals surface area contributed by atoms with Gasteiger partial charge < -0.3 is 10.6 Å². The van der Waals surface area contributed by atoms with E-state index in [0.29, 0.717) is 11.0 Å². The highest BCUT2D eigenvalue weighted by Gasteiger charge is 2.30. The first-order valence-corrected chi connectivity index (χ1v) is 9.46. The van der Waals surface area contributed by atoms with Gasteiger partial charge >= 0.3 is 0 Å². The van der Waals surface area contributed by atoms with E-state index in [2.05, 4.69) is 10.2 Å². The van der Waals surface area contributed by atoms with E-state index < -0.39 is 5.91 Å². The monoisotopic (exact) mass is 336 g/mol. The third kappa shape index (κ3) is 3.88. The number of thioether (sulfide) groups is 1. The number of carbonyl (C=O) groups excluding carboxylic acids is 2. The number of hydrogen-bond donors (Lipinski definition) is 2. The average molecular weight is 336 g/mol. The van der Waals surface area contributed by atoms with Crippen molar-refractivity contribution in [3.63, 3.8) is 0 Å². The largest absolute Gasteiger partial charge is 0.364 e. The lowest BCUT2D eigenvalue weighted by atomic mass is 9.99. The van der Waals surface area contributed by atoms with Crippen LogP contribution in [0.25, 0.3) is 0 Å². The second-order valence-electron chi connectivity index (χ2n) is 6.39. The van der Waals surface area contributed by atoms with Crippen molar-refractivity contribution in [2.24, 2.45) is 5.73 Å². The van der Waals surface area contributed by atoms with E-state index in [1.807, 2.05) is 4.90 Å². The number of H-pyrrole nitrogens is 1. The van der Waals surface area contributed by atoms with Crippen molar-refractivity contribution in [2.75, 3.05) is 12.3 Å². The molecule has 6 nitrogen and oxygen atoms in total. The quantitative estimate of drug-likeness (QED) is 0.862. The number of nitrogens with zero attached hydrogens (tertiary/aromatic N) is 2. The number of hydrogen-bond acceptors (Lipinski definition) is 4. The third-order valence-electron chi connectivity index (χ3n) is 4.78. The van der Waals surface area contributed by atoms with Crippen LogP contribution in [0.4, 0.5) is 0 Å². The Bertz CT molecular complexity index is 568. The lowest BCUT2D eigenvalue weighted by Crippen LogP contribution is -2.40. The molecule has 1 unspecified atom stereocenters. The van der Waals surface area contributed by atoms with Gasteiger partial charge in [-0.05, 0) is 38.2 Å². The molecule has 2 heterocycles. The Labute approximate surface area is 140 Å². The first kappa shape index (κ1) is 16.4. The van der Waals surface area contributed by atoms with Gasteiger partial charge in [-0.3, -0.25) is 14.7 Å². The molecular formula is C16H24N4O2S. The lowest BCUT2D eigenvalue weighted by Gasteiger charge is -2.35. The number of nitrogens with two attached hydrogens (primary N) is 1. The minimum absolute atomic E-state index is 0.0129. The van der Waals surface area contributed by atoms with Crippen molar-refractivity contribution in [1.82, 2.24) is 15.1 Å². The van der Waals surface area contributed by atoms with Gasteiger partial charge in [-0.25, -0.2) is 0 Å². The Hall–Kier alpha value is -1.50. The average Bonchev–Trinajstić information content (AvgIpc) is 3.24. The molecule has 1 aliphatic carbocycles. The van der Waals surface area contributed by atoms with E-state index >= 15 is 0 Å². The van der Waals surface area contributed by atoms with E-state index in [9.17, 15) is 9.59 Å². The Morgan fingerprint density at radius 1 is 1.26 bits per heavy atom. The van der Waals surface area contributed by atoms with E-state index in [-0.39, 0.29) is 17.6 Å². The Balaban J connectivity index is 1.64. The van der Waals surface area contributed by atoms with Crippen molar-refractivity contribution >= 4 is 23.6 Å². The second kappa shape index (κ2) is 7.38. The molecule has 3 N–H and O–H groups in total. The highest BCUT2D eigenvalue weighted by molar-refractivity contribution is 8.00. The number of nitrogens with one attached hydrogen (secondary N) is 1. The predicted molar refractivity (Wildman–Crippen MR) is 90.1 cm³/mol. The first-order chi connectivity index (χ1) is 11.1. The molecule has 1 aromatic rings. The van der Waals surface area contributed by atoms with Crippen molar-refractivity contribution in [3.05, 3.63) is 17.5 Å². The van der Waals surface area contributed by atoms with Crippen LogP contribution in [0, 0.1) is 0 Å². The maximum Gasteiger partial charge on any atom is 0.269 e. The van der Waals surface area contributed by atoms with Gasteiger partial charge in [0, 0.05) is 11.8 Å². The van der Waals surface area contributed by atoms with Gasteiger partial charge in [-0.2, -0.15) is 5.10 Å². The Kier molecular flexibility index (Phi) is 5.25. The van der Waals surface area contributed by atoms with E-state index in [0.717, 1.165) is 31.5 Å². The van der Waals surface area contributed by atoms with Crippen LogP contribution in [-0.4, -0.2) is 44.5 Å². The minimum Gasteiger partial charge on any atom is -0.364 e. The standard InChI is InChI=1S/C16H24N4O2S/c17-16(22)13-9-12(18-19-13)14-7-3-4-8-20(14)15(21)10-23-11-5-1-2-6-11/h9,11,14H,1-8,10H2,(H2,17,22)(H,18,19). The second-order valence-corrected chi connectivity index (χ2v) is 7.68. The number of piperidine rings is 1. The predicted octanol–water partition coefficient (Wildman–Crippen LogP) is 2.24. The highest BCUT2D eigenvalue weighted by atomic mass is 32.2. The van der Waals surface area contributed by atoms with Crippen molar-refractivity contribution in [3.8, 4) is 0 Å². The summed E-state index contributed by atoms with van der Waals surface area (Å²) in [5, 5.41) is 7.49. The van der Waals surface area contributed by atoms with Crippen molar-refractivity contribution in [2.45, 2.75) is 56.2 Å². The van der Waals surface area contributed by atoms with Gasteiger partial charge in [0.25, 0.3) is 5.91 Å². The molecule has 0 spiro atoms. The SMILES string of the molecule is NC(=O)c1cc(C2CCCCN2C(=O)CSC2CCCC2)[nH]n1. The Morgan fingerprint density at radius 3 is 2.70 bits per heavy atom. The molecule has 1 saturated heterocycles. The van der Waals surface area contributed by atoms with Gasteiger partial charge in [0.15, 0.2) is 0 Å². The molecule has 126 valence electrons. The summed E-state index contributed by atoms with van der Waals surface area (Å²) in [6.45, 7) is 0.777. The normalized spacial score (nSPS) is 22.4. The van der Waals surface area contributed by atoms with Gasteiger partial charge in [0.2, 0.25) is 5.91 Å². The van der Waals surface area contributed by atoms with Crippen LogP contribution in [-0.2, 0) is 4.79 Å². The molecule has 1 atom stereocenters. The number of likely N-dealkylation sites (tertiary alicyclic amines) is 1. The summed E-state index contributed by atoms with van der Waals surface area (Å²) >= 11 is 1.80. The molecule has 1 aromatic heterocycles. The molecule has 23 heavy (non-hydrogen) atoms. The number of aromatic amines is 1. The van der Waals surface area contributed by atoms with Crippen LogP contribution in [0.15, 0.2) is 6.07 Å². The van der Waals surface area contributed by atoms with Gasteiger partial charge in [0.1, 0.15) is 5.69 Å². The number of aromatic nitrogens is 2. The topological polar surface area (TPSA) is 92.1 Å². The van der Waals surface area contributed by atoms with Gasteiger partial charge in [-0.15, -0.1) is 11.8 Å². The summed E-state index contributed by atoms with van der Waals surface area (Å²) in [6, 6.07) is 1.67. The van der Waals surface area contributed by atoms with Crippen LogP contribution in [0.3, 0.4) is 0 Å². The number of amides is 2. The summed E-state index contributed by atoms with van der Waals surface area (Å²) in [5.74, 6) is 0.206. The molecule has 7 heteroatoms. The molecule has 0 radical (unpaired) electrons. The first-order valence-electron chi connectivity index (χ1n) is 8.41. The van der Waals surface area contributed by atoms with E-state index in [4.69, 9.17) is 5.73 Å². The molecule has 0 bridgehead atoms. The maximum absolute atomic E-state index is 12.7. The zero-order valence-electron chi connectivity index (χ0n) is 13.3. The molecule has 2 amide bonds. The van der Waals surface area contributed by atoms with Crippen LogP contribution in [0.2, 0.25) is 0 Å². The van der Waals surface area contributed by atoms with Crippen molar-refractivity contribution in [1.29, 1.82) is 0 Å². The summed E-state index contributed by atoms with van der Waals surface area (Å²) in [6.07, 6.45) is 8.08. The summed E-state index contributed by atoms with van der Waals surface area (Å²) in [7, 11) is 0. The molecule has 3 rings (SSSR count). The smallest absolute Gasteiger partial charge is 0.269 e. The van der Waals surface area contributed by atoms with Crippen LogP contribution in [0.5, 0.6) is 0 Å². The number of primary amides is 1. The molecular weight excluding hydrogens is 312 g/mol. The van der Waals surface area contributed by atoms with Crippen LogP contribution >= 0.6 is 11.8 Å². The van der Waals surface area contributed by atoms with Crippen molar-refractivity contribution < 1.29 is 9.59 Å². The summed E-state index contributed by atoms with van der Waals surface area (Å²) < 4.78 is 0. The van der Waals surface area contributed by atoms with E-state index in [1.54, 1.807) is 17.8 Å².